The summed E-state index contributed by atoms with van der Waals surface area (Å²) in [5, 5.41) is 9.27. The molecule has 0 radical (unpaired) electrons. The van der Waals surface area contributed by atoms with Crippen molar-refractivity contribution in [2.45, 2.75) is 6.92 Å². The van der Waals surface area contributed by atoms with Crippen molar-refractivity contribution in [2.75, 3.05) is 18.4 Å². The Hall–Kier alpha value is -1.14. The third kappa shape index (κ3) is 3.60. The number of nitrogens with one attached hydrogen (secondary N) is 2. The SMILES string of the molecule is CC(C(=O)Nc1nc(-c2ccccc2Cl)cs1)C1CNC1.Cl. The highest BCUT2D eigenvalue weighted by atomic mass is 35.5. The minimum Gasteiger partial charge on any atom is -0.316 e. The number of thiazole rings is 1. The molecule has 1 aromatic carbocycles. The fourth-order valence-electron chi connectivity index (χ4n) is 2.22. The van der Waals surface area contributed by atoms with Crippen molar-refractivity contribution in [2.24, 2.45) is 11.8 Å². The summed E-state index contributed by atoms with van der Waals surface area (Å²) in [6.45, 7) is 3.79. The highest BCUT2D eigenvalue weighted by Gasteiger charge is 2.29. The third-order valence-electron chi connectivity index (χ3n) is 3.82. The fourth-order valence-corrected chi connectivity index (χ4v) is 3.17. The lowest BCUT2D eigenvalue weighted by molar-refractivity contribution is -0.121. The van der Waals surface area contributed by atoms with Gasteiger partial charge in [0, 0.05) is 21.9 Å². The molecule has 2 N–H and O–H groups in total. The van der Waals surface area contributed by atoms with E-state index in [-0.39, 0.29) is 24.2 Å². The van der Waals surface area contributed by atoms with Crippen LogP contribution in [-0.4, -0.2) is 24.0 Å². The van der Waals surface area contributed by atoms with E-state index >= 15 is 0 Å². The number of hydrogen-bond acceptors (Lipinski definition) is 4. The van der Waals surface area contributed by atoms with Crippen LogP contribution in [0, 0.1) is 11.8 Å². The van der Waals surface area contributed by atoms with Crippen molar-refractivity contribution < 1.29 is 4.79 Å². The second kappa shape index (κ2) is 7.42. The molecule has 1 atom stereocenters. The van der Waals surface area contributed by atoms with Gasteiger partial charge in [0.15, 0.2) is 5.13 Å². The number of hydrogen-bond donors (Lipinski definition) is 2. The van der Waals surface area contributed by atoms with Gasteiger partial charge < -0.3 is 10.6 Å². The van der Waals surface area contributed by atoms with Gasteiger partial charge in [-0.2, -0.15) is 0 Å². The molecule has 22 heavy (non-hydrogen) atoms. The molecule has 118 valence electrons. The van der Waals surface area contributed by atoms with Crippen molar-refractivity contribution >= 4 is 46.4 Å². The number of halogens is 2. The maximum Gasteiger partial charge on any atom is 0.229 e. The predicted octanol–water partition coefficient (Wildman–Crippen LogP) is 3.68. The van der Waals surface area contributed by atoms with E-state index in [1.807, 2.05) is 36.6 Å². The van der Waals surface area contributed by atoms with Crippen molar-refractivity contribution in [3.8, 4) is 11.3 Å². The fraction of sp³-hybridized carbons (Fsp3) is 0.333. The Bertz CT molecular complexity index is 658. The summed E-state index contributed by atoms with van der Waals surface area (Å²) in [7, 11) is 0. The Labute approximate surface area is 144 Å². The van der Waals surface area contributed by atoms with Crippen molar-refractivity contribution in [3.63, 3.8) is 0 Å². The van der Waals surface area contributed by atoms with Crippen LogP contribution in [0.3, 0.4) is 0 Å². The van der Waals surface area contributed by atoms with E-state index in [0.29, 0.717) is 16.1 Å². The van der Waals surface area contributed by atoms with Crippen molar-refractivity contribution in [1.29, 1.82) is 0 Å². The summed E-state index contributed by atoms with van der Waals surface area (Å²) in [6.07, 6.45) is 0. The first-order chi connectivity index (χ1) is 10.1. The second-order valence-electron chi connectivity index (χ2n) is 5.21. The summed E-state index contributed by atoms with van der Waals surface area (Å²) in [6, 6.07) is 7.56. The predicted molar refractivity (Wildman–Crippen MR) is 94.0 cm³/mol. The smallest absolute Gasteiger partial charge is 0.229 e. The van der Waals surface area contributed by atoms with E-state index in [4.69, 9.17) is 11.6 Å². The van der Waals surface area contributed by atoms with Gasteiger partial charge in [0.1, 0.15) is 0 Å². The maximum atomic E-state index is 12.2. The molecule has 1 aromatic heterocycles. The van der Waals surface area contributed by atoms with E-state index < -0.39 is 0 Å². The summed E-state index contributed by atoms with van der Waals surface area (Å²) in [5.74, 6) is 0.452. The van der Waals surface area contributed by atoms with Gasteiger partial charge in [0.05, 0.1) is 5.69 Å². The van der Waals surface area contributed by atoms with Gasteiger partial charge in [0.2, 0.25) is 5.91 Å². The zero-order chi connectivity index (χ0) is 14.8. The van der Waals surface area contributed by atoms with Gasteiger partial charge in [-0.3, -0.25) is 4.79 Å². The van der Waals surface area contributed by atoms with Gasteiger partial charge in [-0.05, 0) is 25.1 Å². The van der Waals surface area contributed by atoms with Crippen LogP contribution in [0.1, 0.15) is 6.92 Å². The average Bonchev–Trinajstić information content (AvgIpc) is 2.85. The number of carbonyl (C=O) groups excluding carboxylic acids is 1. The molecule has 1 amide bonds. The van der Waals surface area contributed by atoms with Crippen LogP contribution in [0.5, 0.6) is 0 Å². The molecule has 7 heteroatoms. The molecule has 0 saturated carbocycles. The Morgan fingerprint density at radius 3 is 2.82 bits per heavy atom. The highest BCUT2D eigenvalue weighted by molar-refractivity contribution is 7.14. The first-order valence-electron chi connectivity index (χ1n) is 6.87. The molecule has 0 aliphatic carbocycles. The molecule has 0 spiro atoms. The second-order valence-corrected chi connectivity index (χ2v) is 6.48. The molecular formula is C15H17Cl2N3OS. The Kier molecular flexibility index (Phi) is 5.81. The summed E-state index contributed by atoms with van der Waals surface area (Å²) in [5.41, 5.74) is 1.67. The number of benzene rings is 1. The first-order valence-corrected chi connectivity index (χ1v) is 8.13. The summed E-state index contributed by atoms with van der Waals surface area (Å²) < 4.78 is 0. The standard InChI is InChI=1S/C15H16ClN3OS.ClH/c1-9(10-6-17-7-10)14(20)19-15-18-13(8-21-15)11-4-2-3-5-12(11)16;/h2-5,8-10,17H,6-7H2,1H3,(H,18,19,20);1H. The quantitative estimate of drug-likeness (QED) is 0.877. The Morgan fingerprint density at radius 2 is 2.18 bits per heavy atom. The van der Waals surface area contributed by atoms with E-state index in [1.54, 1.807) is 0 Å². The van der Waals surface area contributed by atoms with Crippen molar-refractivity contribution in [3.05, 3.63) is 34.7 Å². The number of anilines is 1. The normalized spacial score (nSPS) is 15.5. The lowest BCUT2D eigenvalue weighted by Crippen LogP contribution is -2.48. The van der Waals surface area contributed by atoms with Gasteiger partial charge in [-0.1, -0.05) is 36.7 Å². The van der Waals surface area contributed by atoms with E-state index in [0.717, 1.165) is 24.3 Å². The number of amides is 1. The van der Waals surface area contributed by atoms with Crippen LogP contribution in [0.2, 0.25) is 5.02 Å². The molecule has 2 aromatic rings. The van der Waals surface area contributed by atoms with Crippen LogP contribution in [0.25, 0.3) is 11.3 Å². The van der Waals surface area contributed by atoms with Gasteiger partial charge in [-0.25, -0.2) is 4.98 Å². The topological polar surface area (TPSA) is 54.0 Å². The first kappa shape index (κ1) is 17.2. The van der Waals surface area contributed by atoms with Crippen LogP contribution < -0.4 is 10.6 Å². The maximum absolute atomic E-state index is 12.2. The monoisotopic (exact) mass is 357 g/mol. The van der Waals surface area contributed by atoms with Gasteiger partial charge >= 0.3 is 0 Å². The molecule has 1 fully saturated rings. The van der Waals surface area contributed by atoms with Crippen molar-refractivity contribution in [1.82, 2.24) is 10.3 Å². The molecule has 2 heterocycles. The van der Waals surface area contributed by atoms with Crippen LogP contribution in [0.4, 0.5) is 5.13 Å². The zero-order valence-corrected chi connectivity index (χ0v) is 14.4. The Balaban J connectivity index is 0.00000176. The molecule has 3 rings (SSSR count). The number of nitrogens with zero attached hydrogens (tertiary/aromatic N) is 1. The van der Waals surface area contributed by atoms with Crippen LogP contribution in [0.15, 0.2) is 29.6 Å². The number of rotatable bonds is 4. The lowest BCUT2D eigenvalue weighted by atomic mass is 9.88. The van der Waals surface area contributed by atoms with E-state index in [9.17, 15) is 4.79 Å². The number of aromatic nitrogens is 1. The third-order valence-corrected chi connectivity index (χ3v) is 4.91. The summed E-state index contributed by atoms with van der Waals surface area (Å²) >= 11 is 7.58. The molecular weight excluding hydrogens is 341 g/mol. The Morgan fingerprint density at radius 1 is 1.45 bits per heavy atom. The molecule has 4 nitrogen and oxygen atoms in total. The lowest BCUT2D eigenvalue weighted by Gasteiger charge is -2.31. The van der Waals surface area contributed by atoms with Crippen LogP contribution >= 0.6 is 35.3 Å². The molecule has 1 aliphatic heterocycles. The molecule has 1 aliphatic rings. The largest absolute Gasteiger partial charge is 0.316 e. The minimum atomic E-state index is -0.00101. The van der Waals surface area contributed by atoms with Gasteiger partial charge in [-0.15, -0.1) is 23.7 Å². The highest BCUT2D eigenvalue weighted by Crippen LogP contribution is 2.30. The minimum absolute atomic E-state index is 0. The molecule has 0 bridgehead atoms. The molecule has 1 unspecified atom stereocenters. The van der Waals surface area contributed by atoms with E-state index in [1.165, 1.54) is 11.3 Å². The zero-order valence-electron chi connectivity index (χ0n) is 12.0. The van der Waals surface area contributed by atoms with Gasteiger partial charge in [0.25, 0.3) is 0 Å². The summed E-state index contributed by atoms with van der Waals surface area (Å²) in [4.78, 5) is 16.6. The molecule has 1 saturated heterocycles. The average molecular weight is 358 g/mol. The van der Waals surface area contributed by atoms with E-state index in [2.05, 4.69) is 15.6 Å². The number of carbonyl (C=O) groups is 1. The van der Waals surface area contributed by atoms with Crippen LogP contribution in [-0.2, 0) is 4.79 Å².